The van der Waals surface area contributed by atoms with E-state index < -0.39 is 11.4 Å². The Morgan fingerprint density at radius 1 is 1.26 bits per heavy atom. The molecular weight excluding hydrogens is 297 g/mol. The Morgan fingerprint density at radius 2 is 2.04 bits per heavy atom. The van der Waals surface area contributed by atoms with Crippen molar-refractivity contribution in [2.24, 2.45) is 0 Å². The molecule has 0 bridgehead atoms. The van der Waals surface area contributed by atoms with Crippen LogP contribution in [0.1, 0.15) is 11.1 Å². The standard InChI is InChI=1S/C18H10FNO3/c1-2-12-13-6-4-11(19)8-16(13)23-18(22)17(12)14-5-3-10(9-20)7-15(14)21/h2-8,21H,1H2. The zero-order valence-electron chi connectivity index (χ0n) is 11.8. The molecule has 1 heterocycles. The summed E-state index contributed by atoms with van der Waals surface area (Å²) in [5.41, 5.74) is 0.398. The van der Waals surface area contributed by atoms with Crippen LogP contribution in [0.5, 0.6) is 5.75 Å². The van der Waals surface area contributed by atoms with Crippen molar-refractivity contribution in [1.82, 2.24) is 0 Å². The second-order valence-corrected chi connectivity index (χ2v) is 4.87. The zero-order valence-corrected chi connectivity index (χ0v) is 11.8. The van der Waals surface area contributed by atoms with Crippen molar-refractivity contribution in [2.75, 3.05) is 0 Å². The maximum atomic E-state index is 13.3. The summed E-state index contributed by atoms with van der Waals surface area (Å²) < 4.78 is 18.5. The van der Waals surface area contributed by atoms with Crippen LogP contribution < -0.4 is 5.63 Å². The average Bonchev–Trinajstić information content (AvgIpc) is 2.53. The topological polar surface area (TPSA) is 74.2 Å². The number of hydrogen-bond acceptors (Lipinski definition) is 4. The number of hydrogen-bond donors (Lipinski definition) is 1. The van der Waals surface area contributed by atoms with E-state index in [0.29, 0.717) is 10.9 Å². The number of fused-ring (bicyclic) bond motifs is 1. The predicted molar refractivity (Wildman–Crippen MR) is 84.3 cm³/mol. The molecule has 112 valence electrons. The van der Waals surface area contributed by atoms with Crippen LogP contribution in [-0.2, 0) is 0 Å². The Kier molecular flexibility index (Phi) is 3.43. The number of phenols is 1. The van der Waals surface area contributed by atoms with E-state index in [1.807, 2.05) is 6.07 Å². The van der Waals surface area contributed by atoms with Crippen molar-refractivity contribution < 1.29 is 13.9 Å². The Labute approximate surface area is 130 Å². The molecule has 1 aromatic heterocycles. The molecule has 0 aliphatic carbocycles. The molecule has 3 aromatic rings. The largest absolute Gasteiger partial charge is 0.507 e. The lowest BCUT2D eigenvalue weighted by Gasteiger charge is -2.10. The second-order valence-electron chi connectivity index (χ2n) is 4.87. The van der Waals surface area contributed by atoms with Crippen LogP contribution in [0, 0.1) is 17.1 Å². The zero-order chi connectivity index (χ0) is 16.6. The monoisotopic (exact) mass is 307 g/mol. The quantitative estimate of drug-likeness (QED) is 0.730. The molecular formula is C18H10FNO3. The molecule has 23 heavy (non-hydrogen) atoms. The summed E-state index contributed by atoms with van der Waals surface area (Å²) in [5.74, 6) is -0.745. The molecule has 4 nitrogen and oxygen atoms in total. The van der Waals surface area contributed by atoms with E-state index >= 15 is 0 Å². The fraction of sp³-hybridized carbons (Fsp3) is 0. The highest BCUT2D eigenvalue weighted by molar-refractivity contribution is 5.94. The first-order valence-electron chi connectivity index (χ1n) is 6.67. The molecule has 0 spiro atoms. The predicted octanol–water partition coefficient (Wildman–Crippen LogP) is 3.82. The molecule has 0 radical (unpaired) electrons. The molecule has 0 amide bonds. The van der Waals surface area contributed by atoms with E-state index in [-0.39, 0.29) is 28.0 Å². The van der Waals surface area contributed by atoms with Gasteiger partial charge in [-0.15, -0.1) is 0 Å². The third kappa shape index (κ3) is 2.36. The van der Waals surface area contributed by atoms with Gasteiger partial charge in [0.1, 0.15) is 17.1 Å². The number of nitrogens with zero attached hydrogens (tertiary/aromatic N) is 1. The normalized spacial score (nSPS) is 10.4. The van der Waals surface area contributed by atoms with E-state index in [4.69, 9.17) is 9.68 Å². The minimum Gasteiger partial charge on any atom is -0.507 e. The Bertz CT molecular complexity index is 1040. The van der Waals surface area contributed by atoms with Gasteiger partial charge < -0.3 is 9.52 Å². The molecule has 0 atom stereocenters. The Morgan fingerprint density at radius 3 is 2.70 bits per heavy atom. The SMILES string of the molecule is C=Cc1c(-c2ccc(C#N)cc2O)c(=O)oc2cc(F)ccc12. The first-order valence-corrected chi connectivity index (χ1v) is 6.67. The average molecular weight is 307 g/mol. The van der Waals surface area contributed by atoms with Crippen LogP contribution in [0.3, 0.4) is 0 Å². The van der Waals surface area contributed by atoms with Gasteiger partial charge in [0, 0.05) is 22.6 Å². The van der Waals surface area contributed by atoms with Gasteiger partial charge in [0.15, 0.2) is 0 Å². The first-order chi connectivity index (χ1) is 11.0. The summed E-state index contributed by atoms with van der Waals surface area (Å²) in [6, 6.07) is 9.95. The van der Waals surface area contributed by atoms with E-state index in [1.165, 1.54) is 36.4 Å². The highest BCUT2D eigenvalue weighted by Crippen LogP contribution is 2.34. The van der Waals surface area contributed by atoms with Crippen molar-refractivity contribution in [1.29, 1.82) is 5.26 Å². The van der Waals surface area contributed by atoms with Gasteiger partial charge in [-0.25, -0.2) is 9.18 Å². The van der Waals surface area contributed by atoms with Crippen LogP contribution in [0.4, 0.5) is 4.39 Å². The lowest BCUT2D eigenvalue weighted by molar-refractivity contribution is 0.476. The maximum absolute atomic E-state index is 13.3. The number of benzene rings is 2. The number of nitriles is 1. The third-order valence-electron chi connectivity index (χ3n) is 3.51. The van der Waals surface area contributed by atoms with Gasteiger partial charge in [-0.1, -0.05) is 12.7 Å². The van der Waals surface area contributed by atoms with Gasteiger partial charge in [0.05, 0.1) is 17.2 Å². The summed E-state index contributed by atoms with van der Waals surface area (Å²) in [7, 11) is 0. The van der Waals surface area contributed by atoms with Crippen LogP contribution in [0.15, 0.2) is 52.2 Å². The smallest absolute Gasteiger partial charge is 0.344 e. The van der Waals surface area contributed by atoms with Gasteiger partial charge >= 0.3 is 5.63 Å². The molecule has 2 aromatic carbocycles. The highest BCUT2D eigenvalue weighted by atomic mass is 19.1. The number of halogens is 1. The van der Waals surface area contributed by atoms with Gasteiger partial charge in [0.2, 0.25) is 0 Å². The van der Waals surface area contributed by atoms with Crippen molar-refractivity contribution >= 4 is 17.0 Å². The Hall–Kier alpha value is -3.39. The van der Waals surface area contributed by atoms with Crippen molar-refractivity contribution in [2.45, 2.75) is 0 Å². The van der Waals surface area contributed by atoms with E-state index in [1.54, 1.807) is 0 Å². The van der Waals surface area contributed by atoms with Gasteiger partial charge in [-0.2, -0.15) is 5.26 Å². The summed E-state index contributed by atoms with van der Waals surface area (Å²) in [6.45, 7) is 3.69. The Balaban J connectivity index is 2.40. The molecule has 0 saturated carbocycles. The molecule has 1 N–H and O–H groups in total. The van der Waals surface area contributed by atoms with Crippen LogP contribution in [0.25, 0.3) is 28.2 Å². The third-order valence-corrected chi connectivity index (χ3v) is 3.51. The fourth-order valence-electron chi connectivity index (χ4n) is 2.48. The van der Waals surface area contributed by atoms with Crippen LogP contribution >= 0.6 is 0 Å². The van der Waals surface area contributed by atoms with Crippen LogP contribution in [0.2, 0.25) is 0 Å². The number of phenolic OH excluding ortho intramolecular Hbond substituents is 1. The van der Waals surface area contributed by atoms with Crippen LogP contribution in [-0.4, -0.2) is 5.11 Å². The van der Waals surface area contributed by atoms with Crippen molar-refractivity contribution in [3.05, 3.63) is 70.3 Å². The molecule has 0 fully saturated rings. The summed E-state index contributed by atoms with van der Waals surface area (Å²) in [6.07, 6.45) is 1.45. The van der Waals surface area contributed by atoms with Crippen molar-refractivity contribution in [3.8, 4) is 22.9 Å². The molecule has 0 saturated heterocycles. The number of aromatic hydroxyl groups is 1. The second kappa shape index (κ2) is 5.43. The fourth-order valence-corrected chi connectivity index (χ4v) is 2.48. The minimum absolute atomic E-state index is 0.0989. The summed E-state index contributed by atoms with van der Waals surface area (Å²) in [4.78, 5) is 12.3. The summed E-state index contributed by atoms with van der Waals surface area (Å²) >= 11 is 0. The van der Waals surface area contributed by atoms with Gasteiger partial charge in [-0.05, 0) is 30.3 Å². The maximum Gasteiger partial charge on any atom is 0.344 e. The number of rotatable bonds is 2. The van der Waals surface area contributed by atoms with Gasteiger partial charge in [0.25, 0.3) is 0 Å². The lowest BCUT2D eigenvalue weighted by atomic mass is 9.97. The minimum atomic E-state index is -0.724. The molecule has 3 rings (SSSR count). The molecule has 0 aliphatic heterocycles. The van der Waals surface area contributed by atoms with Crippen molar-refractivity contribution in [3.63, 3.8) is 0 Å². The molecule has 0 unspecified atom stereocenters. The summed E-state index contributed by atoms with van der Waals surface area (Å²) in [5, 5.41) is 19.5. The van der Waals surface area contributed by atoms with E-state index in [0.717, 1.165) is 6.07 Å². The van der Waals surface area contributed by atoms with E-state index in [2.05, 4.69) is 6.58 Å². The molecule has 0 aliphatic rings. The highest BCUT2D eigenvalue weighted by Gasteiger charge is 2.18. The van der Waals surface area contributed by atoms with Gasteiger partial charge in [-0.3, -0.25) is 0 Å². The van der Waals surface area contributed by atoms with E-state index in [9.17, 15) is 14.3 Å². The lowest BCUT2D eigenvalue weighted by Crippen LogP contribution is -2.06. The molecule has 5 heteroatoms. The first kappa shape index (κ1) is 14.5.